The fourth-order valence-electron chi connectivity index (χ4n) is 1.53. The van der Waals surface area contributed by atoms with Gasteiger partial charge in [-0.25, -0.2) is 0 Å². The third-order valence-electron chi connectivity index (χ3n) is 2.47. The highest BCUT2D eigenvalue weighted by Crippen LogP contribution is 2.30. The van der Waals surface area contributed by atoms with Gasteiger partial charge in [-0.05, 0) is 40.2 Å². The van der Waals surface area contributed by atoms with Crippen molar-refractivity contribution in [1.29, 1.82) is 0 Å². The van der Waals surface area contributed by atoms with E-state index in [9.17, 15) is 5.11 Å². The van der Waals surface area contributed by atoms with Gasteiger partial charge in [0, 0.05) is 17.1 Å². The van der Waals surface area contributed by atoms with Crippen LogP contribution < -0.4 is 5.32 Å². The van der Waals surface area contributed by atoms with Crippen LogP contribution in [0, 0.1) is 0 Å². The van der Waals surface area contributed by atoms with Gasteiger partial charge >= 0.3 is 0 Å². The van der Waals surface area contributed by atoms with Gasteiger partial charge in [0.05, 0.1) is 15.2 Å². The molecule has 18 heavy (non-hydrogen) atoms. The van der Waals surface area contributed by atoms with Crippen LogP contribution in [0.4, 0.5) is 5.69 Å². The molecule has 0 atom stereocenters. The molecule has 0 fully saturated rings. The standard InChI is InChI=1S/C13H10BrCl2NO/c14-10-3-1-2-8(13(10)18)7-17-12-6-9(15)4-5-11(12)16/h1-6,17-18H,7H2. The normalized spacial score (nSPS) is 10.4. The van der Waals surface area contributed by atoms with Crippen LogP contribution in [-0.2, 0) is 6.54 Å². The molecule has 0 saturated heterocycles. The van der Waals surface area contributed by atoms with E-state index >= 15 is 0 Å². The number of phenolic OH excluding ortho intramolecular Hbond substituents is 1. The maximum absolute atomic E-state index is 9.85. The van der Waals surface area contributed by atoms with Crippen LogP contribution in [-0.4, -0.2) is 5.11 Å². The van der Waals surface area contributed by atoms with Crippen LogP contribution in [0.1, 0.15) is 5.56 Å². The van der Waals surface area contributed by atoms with Crippen molar-refractivity contribution in [2.24, 2.45) is 0 Å². The number of rotatable bonds is 3. The molecule has 0 aliphatic carbocycles. The summed E-state index contributed by atoms with van der Waals surface area (Å²) in [5.74, 6) is 0.225. The largest absolute Gasteiger partial charge is 0.506 e. The Morgan fingerprint density at radius 1 is 1.17 bits per heavy atom. The molecular weight excluding hydrogens is 337 g/mol. The smallest absolute Gasteiger partial charge is 0.134 e. The van der Waals surface area contributed by atoms with Crippen LogP contribution in [0.5, 0.6) is 5.75 Å². The lowest BCUT2D eigenvalue weighted by molar-refractivity contribution is 0.465. The van der Waals surface area contributed by atoms with Crippen molar-refractivity contribution >= 4 is 44.8 Å². The Hall–Kier alpha value is -0.900. The third-order valence-corrected chi connectivity index (χ3v) is 3.67. The van der Waals surface area contributed by atoms with Crippen LogP contribution in [0.15, 0.2) is 40.9 Å². The van der Waals surface area contributed by atoms with Gasteiger partial charge < -0.3 is 10.4 Å². The van der Waals surface area contributed by atoms with Crippen LogP contribution in [0.2, 0.25) is 10.0 Å². The summed E-state index contributed by atoms with van der Waals surface area (Å²) in [5.41, 5.74) is 1.52. The Balaban J connectivity index is 2.16. The molecule has 0 unspecified atom stereocenters. The summed E-state index contributed by atoms with van der Waals surface area (Å²) in [6.07, 6.45) is 0. The number of phenols is 1. The van der Waals surface area contributed by atoms with Gasteiger partial charge in [0.2, 0.25) is 0 Å². The number of hydrogen-bond acceptors (Lipinski definition) is 2. The number of benzene rings is 2. The molecule has 0 spiro atoms. The maximum atomic E-state index is 9.85. The van der Waals surface area contributed by atoms with Crippen LogP contribution in [0.25, 0.3) is 0 Å². The summed E-state index contributed by atoms with van der Waals surface area (Å²) in [5, 5.41) is 14.2. The second-order valence-corrected chi connectivity index (χ2v) is 5.42. The van der Waals surface area contributed by atoms with Gasteiger partial charge in [0.15, 0.2) is 0 Å². The SMILES string of the molecule is Oc1c(Br)cccc1CNc1cc(Cl)ccc1Cl. The predicted molar refractivity (Wildman–Crippen MR) is 79.6 cm³/mol. The molecule has 0 radical (unpaired) electrons. The Morgan fingerprint density at radius 2 is 1.94 bits per heavy atom. The quantitative estimate of drug-likeness (QED) is 0.812. The van der Waals surface area contributed by atoms with E-state index in [1.165, 1.54) is 0 Å². The van der Waals surface area contributed by atoms with E-state index in [0.29, 0.717) is 21.1 Å². The Labute approximate surface area is 124 Å². The number of halogens is 3. The Kier molecular flexibility index (Phi) is 4.38. The van der Waals surface area contributed by atoms with Gasteiger partial charge in [-0.2, -0.15) is 0 Å². The second-order valence-electron chi connectivity index (χ2n) is 3.73. The van der Waals surface area contributed by atoms with Crippen molar-refractivity contribution in [3.8, 4) is 5.75 Å². The van der Waals surface area contributed by atoms with Gasteiger partial charge in [-0.15, -0.1) is 0 Å². The molecule has 0 saturated carbocycles. The van der Waals surface area contributed by atoms with Gasteiger partial charge in [-0.3, -0.25) is 0 Å². The first-order valence-electron chi connectivity index (χ1n) is 5.23. The first-order chi connectivity index (χ1) is 8.58. The second kappa shape index (κ2) is 5.83. The fraction of sp³-hybridized carbons (Fsp3) is 0.0769. The van der Waals surface area contributed by atoms with Crippen molar-refractivity contribution in [2.45, 2.75) is 6.54 Å². The van der Waals surface area contributed by atoms with E-state index in [1.807, 2.05) is 12.1 Å². The average Bonchev–Trinajstić information content (AvgIpc) is 2.35. The molecule has 0 heterocycles. The van der Waals surface area contributed by atoms with E-state index in [4.69, 9.17) is 23.2 Å². The molecule has 2 nitrogen and oxygen atoms in total. The highest BCUT2D eigenvalue weighted by Gasteiger charge is 2.06. The topological polar surface area (TPSA) is 32.3 Å². The zero-order chi connectivity index (χ0) is 13.1. The summed E-state index contributed by atoms with van der Waals surface area (Å²) < 4.78 is 0.666. The molecular formula is C13H10BrCl2NO. The summed E-state index contributed by atoms with van der Waals surface area (Å²) in [4.78, 5) is 0. The van der Waals surface area contributed by atoms with Crippen molar-refractivity contribution in [3.63, 3.8) is 0 Å². The fourth-order valence-corrected chi connectivity index (χ4v) is 2.29. The van der Waals surface area contributed by atoms with E-state index in [-0.39, 0.29) is 5.75 Å². The Bertz CT molecular complexity index is 573. The van der Waals surface area contributed by atoms with E-state index < -0.39 is 0 Å². The molecule has 94 valence electrons. The third kappa shape index (κ3) is 3.10. The summed E-state index contributed by atoms with van der Waals surface area (Å²) in [6, 6.07) is 10.7. The minimum absolute atomic E-state index is 0.225. The molecule has 0 aliphatic heterocycles. The predicted octanol–water partition coefficient (Wildman–Crippen LogP) is 5.07. The zero-order valence-corrected chi connectivity index (χ0v) is 12.4. The zero-order valence-electron chi connectivity index (χ0n) is 9.25. The lowest BCUT2D eigenvalue weighted by atomic mass is 10.2. The monoisotopic (exact) mass is 345 g/mol. The molecule has 2 N–H and O–H groups in total. The molecule has 2 aromatic rings. The lowest BCUT2D eigenvalue weighted by Crippen LogP contribution is -2.00. The van der Waals surface area contributed by atoms with Crippen LogP contribution >= 0.6 is 39.1 Å². The number of hydrogen-bond donors (Lipinski definition) is 2. The molecule has 0 aliphatic rings. The number of nitrogens with one attached hydrogen (secondary N) is 1. The van der Waals surface area contributed by atoms with E-state index in [0.717, 1.165) is 11.3 Å². The van der Waals surface area contributed by atoms with Crippen molar-refractivity contribution < 1.29 is 5.11 Å². The molecule has 5 heteroatoms. The van der Waals surface area contributed by atoms with E-state index in [1.54, 1.807) is 24.3 Å². The van der Waals surface area contributed by atoms with E-state index in [2.05, 4.69) is 21.2 Å². The maximum Gasteiger partial charge on any atom is 0.134 e. The van der Waals surface area contributed by atoms with Crippen molar-refractivity contribution in [2.75, 3.05) is 5.32 Å². The molecule has 0 aromatic heterocycles. The first-order valence-corrected chi connectivity index (χ1v) is 6.78. The van der Waals surface area contributed by atoms with Crippen molar-refractivity contribution in [3.05, 3.63) is 56.5 Å². The summed E-state index contributed by atoms with van der Waals surface area (Å²) >= 11 is 15.2. The summed E-state index contributed by atoms with van der Waals surface area (Å²) in [7, 11) is 0. The minimum atomic E-state index is 0.225. The number of para-hydroxylation sites is 1. The van der Waals surface area contributed by atoms with Crippen LogP contribution in [0.3, 0.4) is 0 Å². The molecule has 0 amide bonds. The first kappa shape index (κ1) is 13.5. The lowest BCUT2D eigenvalue weighted by Gasteiger charge is -2.10. The van der Waals surface area contributed by atoms with Crippen molar-refractivity contribution in [1.82, 2.24) is 0 Å². The van der Waals surface area contributed by atoms with Gasteiger partial charge in [-0.1, -0.05) is 35.3 Å². The van der Waals surface area contributed by atoms with Gasteiger partial charge in [0.25, 0.3) is 0 Å². The molecule has 0 bridgehead atoms. The average molecular weight is 347 g/mol. The highest BCUT2D eigenvalue weighted by molar-refractivity contribution is 9.10. The summed E-state index contributed by atoms with van der Waals surface area (Å²) in [6.45, 7) is 0.464. The Morgan fingerprint density at radius 3 is 2.72 bits per heavy atom. The molecule has 2 aromatic carbocycles. The highest BCUT2D eigenvalue weighted by atomic mass is 79.9. The number of anilines is 1. The van der Waals surface area contributed by atoms with Gasteiger partial charge in [0.1, 0.15) is 5.75 Å². The minimum Gasteiger partial charge on any atom is -0.506 e. The molecule has 2 rings (SSSR count). The number of aromatic hydroxyl groups is 1.